The number of carbonyl (C=O) groups is 1. The van der Waals surface area contributed by atoms with Crippen molar-refractivity contribution in [3.8, 4) is 0 Å². The molecule has 0 aliphatic carbocycles. The molecule has 2 heterocycles. The third-order valence-electron chi connectivity index (χ3n) is 4.24. The van der Waals surface area contributed by atoms with Crippen LogP contribution in [0.15, 0.2) is 12.7 Å². The van der Waals surface area contributed by atoms with E-state index in [-0.39, 0.29) is 0 Å². The average Bonchev–Trinajstić information content (AvgIpc) is 2.71. The largest absolute Gasteiger partial charge is 0.338 e. The van der Waals surface area contributed by atoms with E-state index < -0.39 is 0 Å². The highest BCUT2D eigenvalue weighted by Crippen LogP contribution is 2.20. The maximum atomic E-state index is 12.4. The Kier molecular flexibility index (Phi) is 6.94. The van der Waals surface area contributed by atoms with Crippen LogP contribution in [0.3, 0.4) is 0 Å². The van der Waals surface area contributed by atoms with Crippen molar-refractivity contribution >= 4 is 17.7 Å². The number of hydrogen-bond donors (Lipinski definition) is 0. The lowest BCUT2D eigenvalue weighted by Crippen LogP contribution is -2.49. The number of thioether (sulfide) groups is 1. The quantitative estimate of drug-likeness (QED) is 0.729. The standard InChI is InChI=1S/C16H28N2OS/c1-2-3-8-16(19)18-11-7-12-20-14-15(18)13-17-9-5-4-6-10-17/h2,15H,1,3-14H2. The minimum atomic E-state index is 0.328. The van der Waals surface area contributed by atoms with E-state index in [9.17, 15) is 4.79 Å². The molecule has 114 valence electrons. The molecule has 0 N–H and O–H groups in total. The summed E-state index contributed by atoms with van der Waals surface area (Å²) in [5.74, 6) is 2.63. The number of hydrogen-bond acceptors (Lipinski definition) is 3. The summed E-state index contributed by atoms with van der Waals surface area (Å²) in [5.41, 5.74) is 0. The van der Waals surface area contributed by atoms with Gasteiger partial charge in [0.25, 0.3) is 0 Å². The summed E-state index contributed by atoms with van der Waals surface area (Å²) in [5, 5.41) is 0. The van der Waals surface area contributed by atoms with Crippen LogP contribution >= 0.6 is 11.8 Å². The zero-order valence-electron chi connectivity index (χ0n) is 12.6. The van der Waals surface area contributed by atoms with Crippen LogP contribution in [-0.2, 0) is 4.79 Å². The van der Waals surface area contributed by atoms with Crippen molar-refractivity contribution in [1.29, 1.82) is 0 Å². The highest BCUT2D eigenvalue weighted by molar-refractivity contribution is 7.99. The van der Waals surface area contributed by atoms with E-state index >= 15 is 0 Å². The van der Waals surface area contributed by atoms with Gasteiger partial charge in [0.05, 0.1) is 6.04 Å². The Morgan fingerprint density at radius 2 is 2.00 bits per heavy atom. The second-order valence-corrected chi connectivity index (χ2v) is 7.01. The molecule has 2 aliphatic rings. The predicted octanol–water partition coefficient (Wildman–Crippen LogP) is 2.77. The van der Waals surface area contributed by atoms with Gasteiger partial charge in [-0.25, -0.2) is 0 Å². The van der Waals surface area contributed by atoms with Crippen LogP contribution in [0.5, 0.6) is 0 Å². The number of allylic oxidation sites excluding steroid dienone is 1. The summed E-state index contributed by atoms with van der Waals surface area (Å²) in [7, 11) is 0. The Bertz CT molecular complexity index is 316. The van der Waals surface area contributed by atoms with E-state index in [2.05, 4.69) is 16.4 Å². The molecule has 2 fully saturated rings. The van der Waals surface area contributed by atoms with Crippen LogP contribution < -0.4 is 0 Å². The fourth-order valence-electron chi connectivity index (χ4n) is 3.12. The van der Waals surface area contributed by atoms with Gasteiger partial charge in [-0.1, -0.05) is 12.5 Å². The minimum absolute atomic E-state index is 0.328. The first-order chi connectivity index (χ1) is 9.81. The van der Waals surface area contributed by atoms with Crippen molar-refractivity contribution in [1.82, 2.24) is 9.80 Å². The van der Waals surface area contributed by atoms with E-state index in [1.165, 1.54) is 38.1 Å². The molecule has 2 aliphatic heterocycles. The van der Waals surface area contributed by atoms with Crippen LogP contribution in [0, 0.1) is 0 Å². The molecule has 0 saturated carbocycles. The van der Waals surface area contributed by atoms with E-state index in [0.29, 0.717) is 18.4 Å². The Morgan fingerprint density at radius 1 is 1.20 bits per heavy atom. The number of rotatable bonds is 5. The van der Waals surface area contributed by atoms with Gasteiger partial charge in [0.2, 0.25) is 5.91 Å². The third kappa shape index (κ3) is 4.81. The molecule has 0 aromatic heterocycles. The van der Waals surface area contributed by atoms with Gasteiger partial charge >= 0.3 is 0 Å². The Balaban J connectivity index is 1.92. The number of amides is 1. The SMILES string of the molecule is C=CCCC(=O)N1CCCSCC1CN1CCCCC1. The van der Waals surface area contributed by atoms with E-state index in [0.717, 1.165) is 31.7 Å². The number of carbonyl (C=O) groups excluding carboxylic acids is 1. The fourth-order valence-corrected chi connectivity index (χ4v) is 4.17. The Morgan fingerprint density at radius 3 is 2.75 bits per heavy atom. The summed E-state index contributed by atoms with van der Waals surface area (Å²) in [6.07, 6.45) is 8.45. The molecule has 0 aromatic carbocycles. The van der Waals surface area contributed by atoms with E-state index in [1.807, 2.05) is 17.8 Å². The van der Waals surface area contributed by atoms with Crippen molar-refractivity contribution in [3.05, 3.63) is 12.7 Å². The highest BCUT2D eigenvalue weighted by atomic mass is 32.2. The van der Waals surface area contributed by atoms with Crippen LogP contribution in [0.1, 0.15) is 38.5 Å². The maximum Gasteiger partial charge on any atom is 0.223 e. The smallest absolute Gasteiger partial charge is 0.223 e. The van der Waals surface area contributed by atoms with Gasteiger partial charge in [-0.3, -0.25) is 4.79 Å². The molecular formula is C16H28N2OS. The predicted molar refractivity (Wildman–Crippen MR) is 87.2 cm³/mol. The topological polar surface area (TPSA) is 23.6 Å². The zero-order chi connectivity index (χ0) is 14.2. The van der Waals surface area contributed by atoms with E-state index in [1.54, 1.807) is 0 Å². The van der Waals surface area contributed by atoms with Crippen molar-refractivity contribution in [2.75, 3.05) is 37.7 Å². The summed E-state index contributed by atoms with van der Waals surface area (Å²) >= 11 is 2.02. The van der Waals surface area contributed by atoms with Crippen molar-refractivity contribution in [3.63, 3.8) is 0 Å². The van der Waals surface area contributed by atoms with Crippen LogP contribution in [-0.4, -0.2) is 59.4 Å². The molecule has 0 bridgehead atoms. The van der Waals surface area contributed by atoms with Gasteiger partial charge in [-0.05, 0) is 44.5 Å². The Hall–Kier alpha value is -0.480. The average molecular weight is 296 g/mol. The molecule has 1 atom stereocenters. The summed E-state index contributed by atoms with van der Waals surface area (Å²) < 4.78 is 0. The molecule has 2 saturated heterocycles. The molecule has 3 nitrogen and oxygen atoms in total. The highest BCUT2D eigenvalue weighted by Gasteiger charge is 2.27. The van der Waals surface area contributed by atoms with Gasteiger partial charge in [0, 0.05) is 25.3 Å². The van der Waals surface area contributed by atoms with Crippen LogP contribution in [0.2, 0.25) is 0 Å². The van der Waals surface area contributed by atoms with Gasteiger partial charge in [0.15, 0.2) is 0 Å². The molecule has 1 unspecified atom stereocenters. The van der Waals surface area contributed by atoms with Crippen molar-refractivity contribution in [2.45, 2.75) is 44.6 Å². The molecule has 1 amide bonds. The first kappa shape index (κ1) is 15.9. The fraction of sp³-hybridized carbons (Fsp3) is 0.812. The van der Waals surface area contributed by atoms with Gasteiger partial charge in [-0.15, -0.1) is 6.58 Å². The molecular weight excluding hydrogens is 268 g/mol. The molecule has 2 rings (SSSR count). The van der Waals surface area contributed by atoms with Gasteiger partial charge in [0.1, 0.15) is 0 Å². The van der Waals surface area contributed by atoms with Crippen LogP contribution in [0.25, 0.3) is 0 Å². The minimum Gasteiger partial charge on any atom is -0.338 e. The third-order valence-corrected chi connectivity index (χ3v) is 5.44. The molecule has 4 heteroatoms. The number of piperidine rings is 1. The maximum absolute atomic E-state index is 12.4. The second kappa shape index (κ2) is 8.73. The van der Waals surface area contributed by atoms with Crippen molar-refractivity contribution < 1.29 is 4.79 Å². The number of likely N-dealkylation sites (tertiary alicyclic amines) is 1. The van der Waals surface area contributed by atoms with Gasteiger partial charge in [-0.2, -0.15) is 11.8 Å². The normalized spacial score (nSPS) is 25.2. The summed E-state index contributed by atoms with van der Waals surface area (Å²) in [6.45, 7) is 8.18. The monoisotopic (exact) mass is 296 g/mol. The molecule has 20 heavy (non-hydrogen) atoms. The second-order valence-electron chi connectivity index (χ2n) is 5.86. The Labute approximate surface area is 127 Å². The molecule has 0 spiro atoms. The summed E-state index contributed by atoms with van der Waals surface area (Å²) in [4.78, 5) is 17.1. The molecule has 0 radical (unpaired) electrons. The number of nitrogens with zero attached hydrogens (tertiary/aromatic N) is 2. The summed E-state index contributed by atoms with van der Waals surface area (Å²) in [6, 6.07) is 0.415. The van der Waals surface area contributed by atoms with Gasteiger partial charge < -0.3 is 9.80 Å². The lowest BCUT2D eigenvalue weighted by Gasteiger charge is -2.35. The zero-order valence-corrected chi connectivity index (χ0v) is 13.4. The molecule has 0 aromatic rings. The lowest BCUT2D eigenvalue weighted by molar-refractivity contribution is -0.133. The van der Waals surface area contributed by atoms with Crippen LogP contribution in [0.4, 0.5) is 0 Å². The van der Waals surface area contributed by atoms with E-state index in [4.69, 9.17) is 0 Å². The first-order valence-electron chi connectivity index (χ1n) is 8.01. The lowest BCUT2D eigenvalue weighted by atomic mass is 10.1. The van der Waals surface area contributed by atoms with Crippen molar-refractivity contribution in [2.24, 2.45) is 0 Å². The first-order valence-corrected chi connectivity index (χ1v) is 9.17.